The van der Waals surface area contributed by atoms with Gasteiger partial charge < -0.3 is 4.90 Å². The van der Waals surface area contributed by atoms with Gasteiger partial charge in [-0.2, -0.15) is 0 Å². The molecular weight excluding hydrogens is 330 g/mol. The molecule has 4 aromatic rings. The minimum atomic E-state index is 0.681. The fraction of sp³-hybridized carbons (Fsp3) is 0.167. The van der Waals surface area contributed by atoms with E-state index in [1.54, 1.807) is 0 Å². The van der Waals surface area contributed by atoms with Crippen molar-refractivity contribution in [1.82, 2.24) is 9.97 Å². The zero-order valence-electron chi connectivity index (χ0n) is 15.6. The summed E-state index contributed by atoms with van der Waals surface area (Å²) in [6.45, 7) is 2.82. The summed E-state index contributed by atoms with van der Waals surface area (Å²) in [4.78, 5) is 12.1. The highest BCUT2D eigenvalue weighted by molar-refractivity contribution is 5.98. The Bertz CT molecular complexity index is 1160. The monoisotopic (exact) mass is 351 g/mol. The van der Waals surface area contributed by atoms with Crippen molar-refractivity contribution in [3.8, 4) is 11.3 Å². The Morgan fingerprint density at radius 3 is 2.52 bits per heavy atom. The maximum absolute atomic E-state index is 5.02. The normalized spacial score (nSPS) is 12.1. The van der Waals surface area contributed by atoms with Crippen LogP contribution >= 0.6 is 0 Å². The van der Waals surface area contributed by atoms with E-state index < -0.39 is 0 Å². The van der Waals surface area contributed by atoms with Crippen molar-refractivity contribution in [1.29, 1.82) is 0 Å². The van der Waals surface area contributed by atoms with Crippen molar-refractivity contribution >= 4 is 16.6 Å². The zero-order chi connectivity index (χ0) is 18.4. The molecule has 27 heavy (non-hydrogen) atoms. The van der Waals surface area contributed by atoms with Gasteiger partial charge in [-0.3, -0.25) is 0 Å². The zero-order valence-corrected chi connectivity index (χ0v) is 15.6. The van der Waals surface area contributed by atoms with Gasteiger partial charge in [-0.15, -0.1) is 0 Å². The summed E-state index contributed by atoms with van der Waals surface area (Å²) in [5.41, 5.74) is 8.49. The van der Waals surface area contributed by atoms with Crippen LogP contribution in [0.2, 0.25) is 0 Å². The van der Waals surface area contributed by atoms with E-state index in [1.807, 2.05) is 0 Å². The van der Waals surface area contributed by atoms with Crippen molar-refractivity contribution in [3.05, 3.63) is 89.2 Å². The highest BCUT2D eigenvalue weighted by Gasteiger charge is 2.21. The van der Waals surface area contributed by atoms with E-state index in [0.29, 0.717) is 6.54 Å². The SMILES string of the molecule is Cc1ccccc1N(C)Cc1nc2c3c(cccc3n1)Cc1ccccc1-2. The number of anilines is 1. The summed E-state index contributed by atoms with van der Waals surface area (Å²) in [6, 6.07) is 23.4. The van der Waals surface area contributed by atoms with Crippen molar-refractivity contribution in [3.63, 3.8) is 0 Å². The third-order valence-corrected chi connectivity index (χ3v) is 5.41. The Morgan fingerprint density at radius 1 is 0.852 bits per heavy atom. The molecule has 0 unspecified atom stereocenters. The van der Waals surface area contributed by atoms with E-state index in [4.69, 9.17) is 9.97 Å². The molecule has 0 atom stereocenters. The lowest BCUT2D eigenvalue weighted by atomic mass is 9.88. The van der Waals surface area contributed by atoms with Crippen LogP contribution in [0.25, 0.3) is 22.2 Å². The van der Waals surface area contributed by atoms with Gasteiger partial charge in [0.25, 0.3) is 0 Å². The van der Waals surface area contributed by atoms with Crippen LogP contribution in [-0.4, -0.2) is 17.0 Å². The lowest BCUT2D eigenvalue weighted by Gasteiger charge is -2.23. The predicted molar refractivity (Wildman–Crippen MR) is 111 cm³/mol. The topological polar surface area (TPSA) is 29.0 Å². The van der Waals surface area contributed by atoms with Crippen LogP contribution in [0.1, 0.15) is 22.5 Å². The number of benzene rings is 3. The Morgan fingerprint density at radius 2 is 1.63 bits per heavy atom. The fourth-order valence-corrected chi connectivity index (χ4v) is 4.11. The molecule has 1 heterocycles. The van der Waals surface area contributed by atoms with E-state index in [9.17, 15) is 0 Å². The molecule has 1 aliphatic rings. The molecular formula is C24H21N3. The van der Waals surface area contributed by atoms with E-state index in [2.05, 4.69) is 85.6 Å². The first-order chi connectivity index (χ1) is 13.2. The molecule has 0 spiro atoms. The van der Waals surface area contributed by atoms with Gasteiger partial charge in [0, 0.05) is 23.7 Å². The number of para-hydroxylation sites is 1. The van der Waals surface area contributed by atoms with Gasteiger partial charge in [-0.1, -0.05) is 54.6 Å². The average molecular weight is 351 g/mol. The maximum Gasteiger partial charge on any atom is 0.148 e. The number of hydrogen-bond donors (Lipinski definition) is 0. The summed E-state index contributed by atoms with van der Waals surface area (Å²) in [5.74, 6) is 0.858. The van der Waals surface area contributed by atoms with Crippen LogP contribution in [0.4, 0.5) is 5.69 Å². The van der Waals surface area contributed by atoms with Crippen molar-refractivity contribution in [2.75, 3.05) is 11.9 Å². The van der Waals surface area contributed by atoms with Crippen molar-refractivity contribution < 1.29 is 0 Å². The van der Waals surface area contributed by atoms with E-state index in [1.165, 1.54) is 33.3 Å². The van der Waals surface area contributed by atoms with Crippen LogP contribution in [0, 0.1) is 6.92 Å². The van der Waals surface area contributed by atoms with Crippen LogP contribution in [0.5, 0.6) is 0 Å². The number of rotatable bonds is 3. The summed E-state index contributed by atoms with van der Waals surface area (Å²) in [7, 11) is 2.10. The first kappa shape index (κ1) is 16.0. The summed E-state index contributed by atoms with van der Waals surface area (Å²) < 4.78 is 0. The Labute approximate surface area is 159 Å². The van der Waals surface area contributed by atoms with Crippen LogP contribution in [-0.2, 0) is 13.0 Å². The van der Waals surface area contributed by atoms with E-state index in [-0.39, 0.29) is 0 Å². The summed E-state index contributed by atoms with van der Waals surface area (Å²) >= 11 is 0. The number of nitrogens with zero attached hydrogens (tertiary/aromatic N) is 3. The Kier molecular flexibility index (Phi) is 3.68. The number of hydrogen-bond acceptors (Lipinski definition) is 3. The Balaban J connectivity index is 1.63. The minimum absolute atomic E-state index is 0.681. The van der Waals surface area contributed by atoms with Gasteiger partial charge in [0.15, 0.2) is 0 Å². The average Bonchev–Trinajstić information content (AvgIpc) is 2.68. The molecule has 0 N–H and O–H groups in total. The van der Waals surface area contributed by atoms with Gasteiger partial charge >= 0.3 is 0 Å². The molecule has 0 saturated heterocycles. The number of aromatic nitrogens is 2. The molecule has 1 aliphatic carbocycles. The fourth-order valence-electron chi connectivity index (χ4n) is 4.11. The molecule has 0 fully saturated rings. The highest BCUT2D eigenvalue weighted by Crippen LogP contribution is 2.37. The second-order valence-corrected chi connectivity index (χ2v) is 7.28. The van der Waals surface area contributed by atoms with Crippen LogP contribution in [0.15, 0.2) is 66.7 Å². The largest absolute Gasteiger partial charge is 0.367 e. The maximum atomic E-state index is 5.02. The standard InChI is InChI=1S/C24H21N3/c1-16-8-3-6-13-21(16)27(2)15-22-25-20-12-7-10-18-14-17-9-4-5-11-19(17)24(26-22)23(18)20/h3-13H,14-15H2,1-2H3. The molecule has 3 nitrogen and oxygen atoms in total. The molecule has 0 bridgehead atoms. The molecule has 0 amide bonds. The van der Waals surface area contributed by atoms with Gasteiger partial charge in [-0.25, -0.2) is 9.97 Å². The quantitative estimate of drug-likeness (QED) is 0.450. The second-order valence-electron chi connectivity index (χ2n) is 7.28. The smallest absolute Gasteiger partial charge is 0.148 e. The molecule has 0 radical (unpaired) electrons. The number of aryl methyl sites for hydroxylation is 1. The van der Waals surface area contributed by atoms with Crippen LogP contribution in [0.3, 0.4) is 0 Å². The lowest BCUT2D eigenvalue weighted by molar-refractivity contribution is 0.844. The van der Waals surface area contributed by atoms with Gasteiger partial charge in [0.05, 0.1) is 17.8 Å². The second kappa shape index (κ2) is 6.20. The molecule has 3 heteroatoms. The molecule has 132 valence electrons. The number of fused-ring (bicyclic) bond motifs is 2. The van der Waals surface area contributed by atoms with Gasteiger partial charge in [-0.05, 0) is 42.2 Å². The van der Waals surface area contributed by atoms with E-state index in [0.717, 1.165) is 23.5 Å². The van der Waals surface area contributed by atoms with Crippen LogP contribution < -0.4 is 4.90 Å². The molecule has 3 aromatic carbocycles. The van der Waals surface area contributed by atoms with Gasteiger partial charge in [0.2, 0.25) is 0 Å². The highest BCUT2D eigenvalue weighted by atomic mass is 15.1. The van der Waals surface area contributed by atoms with E-state index >= 15 is 0 Å². The van der Waals surface area contributed by atoms with Gasteiger partial charge in [0.1, 0.15) is 5.82 Å². The molecule has 0 aliphatic heterocycles. The van der Waals surface area contributed by atoms with Crippen molar-refractivity contribution in [2.45, 2.75) is 19.9 Å². The first-order valence-corrected chi connectivity index (χ1v) is 9.34. The van der Waals surface area contributed by atoms with Crippen molar-refractivity contribution in [2.24, 2.45) is 0 Å². The summed E-state index contributed by atoms with van der Waals surface area (Å²) in [5, 5.41) is 1.21. The summed E-state index contributed by atoms with van der Waals surface area (Å²) in [6.07, 6.45) is 0.951. The predicted octanol–water partition coefficient (Wildman–Crippen LogP) is 5.15. The molecule has 0 saturated carbocycles. The third kappa shape index (κ3) is 2.67. The molecule has 5 rings (SSSR count). The third-order valence-electron chi connectivity index (χ3n) is 5.41. The Hall–Kier alpha value is -3.20. The lowest BCUT2D eigenvalue weighted by Crippen LogP contribution is -2.20. The first-order valence-electron chi connectivity index (χ1n) is 9.34. The minimum Gasteiger partial charge on any atom is -0.367 e. The molecule has 1 aromatic heterocycles.